The van der Waals surface area contributed by atoms with Crippen LogP contribution in [0, 0.1) is 5.92 Å². The molecule has 26 heavy (non-hydrogen) atoms. The number of rotatable bonds is 5. The van der Waals surface area contributed by atoms with Crippen LogP contribution >= 0.6 is 17.9 Å². The van der Waals surface area contributed by atoms with Crippen molar-refractivity contribution in [1.82, 2.24) is 0 Å². The van der Waals surface area contributed by atoms with Gasteiger partial charge in [0.15, 0.2) is 0 Å². The third-order valence-corrected chi connectivity index (χ3v) is 16.6. The van der Waals surface area contributed by atoms with Crippen LogP contribution in [0.3, 0.4) is 0 Å². The molecule has 2 fully saturated rings. The first-order valence-corrected chi connectivity index (χ1v) is 17.3. The number of benzene rings is 1. The Labute approximate surface area is 166 Å². The molecule has 1 heterocycles. The van der Waals surface area contributed by atoms with Gasteiger partial charge in [-0.3, -0.25) is 0 Å². The number of allylic oxidation sites excluding steroid dienone is 1. The van der Waals surface area contributed by atoms with Crippen LogP contribution < -0.4 is 8.35 Å². The van der Waals surface area contributed by atoms with Crippen molar-refractivity contribution in [2.75, 3.05) is 13.7 Å². The monoisotopic (exact) mass is 516 g/mol. The third-order valence-electron chi connectivity index (χ3n) is 4.96. The van der Waals surface area contributed by atoms with Crippen LogP contribution in [0.1, 0.15) is 32.6 Å². The number of ether oxygens (including phenoxy) is 3. The second kappa shape index (κ2) is 8.61. The van der Waals surface area contributed by atoms with Gasteiger partial charge < -0.3 is 0 Å². The molecule has 1 saturated heterocycles. The molecule has 4 nitrogen and oxygen atoms in total. The average molecular weight is 515 g/mol. The predicted molar refractivity (Wildman–Crippen MR) is 105 cm³/mol. The third kappa shape index (κ3) is 4.28. The quantitative estimate of drug-likeness (QED) is 0.335. The summed E-state index contributed by atoms with van der Waals surface area (Å²) in [5.41, 5.74) is 0. The van der Waals surface area contributed by atoms with E-state index >= 15 is 0 Å². The van der Waals surface area contributed by atoms with Crippen LogP contribution in [0.2, 0.25) is 3.97 Å². The van der Waals surface area contributed by atoms with Gasteiger partial charge in [-0.05, 0) is 0 Å². The average Bonchev–Trinajstić information content (AvgIpc) is 3.03. The number of carbonyl (C=O) groups is 1. The molecule has 0 bridgehead atoms. The van der Waals surface area contributed by atoms with Crippen molar-refractivity contribution in [2.24, 2.45) is 5.92 Å². The first-order chi connectivity index (χ1) is 12.5. The van der Waals surface area contributed by atoms with Crippen LogP contribution in [-0.4, -0.2) is 41.7 Å². The van der Waals surface area contributed by atoms with Crippen LogP contribution in [0.4, 0.5) is 0 Å². The van der Waals surface area contributed by atoms with Gasteiger partial charge in [-0.1, -0.05) is 0 Å². The summed E-state index contributed by atoms with van der Waals surface area (Å²) in [5.74, 6) is 1.51. The SMILES string of the molecule is CCOC(=O)/C=C1/C[C@H]2CCC[C@H]([Te](Cl)(Cl)c3ccc(OC)cc3)[C@H]2O1. The van der Waals surface area contributed by atoms with Crippen LogP contribution in [0.25, 0.3) is 0 Å². The first-order valence-electron chi connectivity index (χ1n) is 8.85. The summed E-state index contributed by atoms with van der Waals surface area (Å²) in [6.07, 6.45) is 5.36. The summed E-state index contributed by atoms with van der Waals surface area (Å²) in [6, 6.07) is 7.77. The summed E-state index contributed by atoms with van der Waals surface area (Å²) in [7, 11) is 15.7. The maximum atomic E-state index is 11.7. The molecule has 3 rings (SSSR count). The number of esters is 1. The van der Waals surface area contributed by atoms with E-state index in [1.54, 1.807) is 14.0 Å². The zero-order valence-corrected chi connectivity index (χ0v) is 18.8. The Kier molecular flexibility index (Phi) is 6.67. The Balaban J connectivity index is 1.79. The van der Waals surface area contributed by atoms with Gasteiger partial charge in [0, 0.05) is 0 Å². The van der Waals surface area contributed by atoms with Crippen molar-refractivity contribution < 1.29 is 19.0 Å². The maximum absolute atomic E-state index is 11.7. The summed E-state index contributed by atoms with van der Waals surface area (Å²) in [4.78, 5) is 11.7. The van der Waals surface area contributed by atoms with E-state index in [0.717, 1.165) is 35.0 Å². The van der Waals surface area contributed by atoms with E-state index in [-0.39, 0.29) is 16.0 Å². The molecule has 1 aliphatic carbocycles. The van der Waals surface area contributed by atoms with Gasteiger partial charge in [0.2, 0.25) is 0 Å². The van der Waals surface area contributed by atoms with Crippen LogP contribution in [0.5, 0.6) is 5.75 Å². The molecule has 0 spiro atoms. The molecule has 0 unspecified atom stereocenters. The van der Waals surface area contributed by atoms with Crippen molar-refractivity contribution in [3.8, 4) is 5.75 Å². The number of halogens is 2. The van der Waals surface area contributed by atoms with Crippen LogP contribution in [0.15, 0.2) is 36.1 Å². The molecule has 1 aromatic rings. The molecule has 1 saturated carbocycles. The molecule has 2 aliphatic rings. The number of carbonyl (C=O) groups excluding carboxylic acids is 1. The summed E-state index contributed by atoms with van der Waals surface area (Å²) >= 11 is -3.39. The van der Waals surface area contributed by atoms with E-state index in [9.17, 15) is 4.79 Å². The second-order valence-electron chi connectivity index (χ2n) is 6.56. The molecular weight excluding hydrogens is 491 g/mol. The van der Waals surface area contributed by atoms with Gasteiger partial charge in [0.05, 0.1) is 0 Å². The second-order valence-corrected chi connectivity index (χ2v) is 20.1. The Bertz CT molecular complexity index is 675. The number of fused-ring (bicyclic) bond motifs is 1. The van der Waals surface area contributed by atoms with Gasteiger partial charge in [0.25, 0.3) is 0 Å². The Hall–Kier alpha value is -0.600. The fourth-order valence-electron chi connectivity index (χ4n) is 3.74. The number of methoxy groups -OCH3 is 1. The molecule has 1 aliphatic heterocycles. The first kappa shape index (κ1) is 20.1. The van der Waals surface area contributed by atoms with Crippen molar-refractivity contribution >= 4 is 43.4 Å². The van der Waals surface area contributed by atoms with Gasteiger partial charge >= 0.3 is 167 Å². The Morgan fingerprint density at radius 2 is 2.04 bits per heavy atom. The normalized spacial score (nSPS) is 27.5. The van der Waals surface area contributed by atoms with Gasteiger partial charge in [-0.15, -0.1) is 0 Å². The molecule has 0 N–H and O–H groups in total. The Morgan fingerprint density at radius 3 is 2.69 bits per heavy atom. The minimum absolute atomic E-state index is 0.0114. The number of hydrogen-bond acceptors (Lipinski definition) is 4. The van der Waals surface area contributed by atoms with Crippen molar-refractivity contribution in [3.63, 3.8) is 0 Å². The summed E-state index contributed by atoms with van der Waals surface area (Å²) in [6.45, 7) is 2.15. The zero-order valence-electron chi connectivity index (χ0n) is 15.0. The molecule has 3 atom stereocenters. The Morgan fingerprint density at radius 1 is 1.31 bits per heavy atom. The van der Waals surface area contributed by atoms with Crippen LogP contribution in [-0.2, 0) is 14.3 Å². The molecule has 0 amide bonds. The molecular formula is C19H24Cl2O4Te. The minimum atomic E-state index is -3.39. The molecule has 144 valence electrons. The van der Waals surface area contributed by atoms with E-state index in [2.05, 4.69) is 0 Å². The van der Waals surface area contributed by atoms with Crippen molar-refractivity contribution in [1.29, 1.82) is 0 Å². The molecule has 7 heteroatoms. The van der Waals surface area contributed by atoms with Gasteiger partial charge in [-0.2, -0.15) is 0 Å². The van der Waals surface area contributed by atoms with E-state index in [1.807, 2.05) is 24.3 Å². The van der Waals surface area contributed by atoms with E-state index in [0.29, 0.717) is 18.3 Å². The molecule has 1 aromatic carbocycles. The zero-order chi connectivity index (χ0) is 18.7. The predicted octanol–water partition coefficient (Wildman–Crippen LogP) is 4.23. The van der Waals surface area contributed by atoms with Gasteiger partial charge in [-0.25, -0.2) is 0 Å². The van der Waals surface area contributed by atoms with Crippen molar-refractivity contribution in [3.05, 3.63) is 36.1 Å². The fraction of sp³-hybridized carbons (Fsp3) is 0.526. The molecule has 0 radical (unpaired) electrons. The van der Waals surface area contributed by atoms with Gasteiger partial charge in [0.1, 0.15) is 0 Å². The van der Waals surface area contributed by atoms with E-state index in [4.69, 9.17) is 32.1 Å². The van der Waals surface area contributed by atoms with Crippen molar-refractivity contribution in [2.45, 2.75) is 42.7 Å². The molecule has 0 aromatic heterocycles. The number of hydrogen-bond donors (Lipinski definition) is 0. The summed E-state index contributed by atoms with van der Waals surface area (Å²) in [5, 5.41) is 0. The summed E-state index contributed by atoms with van der Waals surface area (Å²) < 4.78 is 17.5. The standard InChI is InChI=1S/C19H24Cl2O4Te/c1-3-24-18(22)12-15-11-13-5-4-6-17(19(13)25-15)26(20,21)16-9-7-14(23-2)8-10-16/h7-10,12-13,17,19H,3-6,11H2,1-2H3/b15-12-/t13-,17+,19+/m1/s1. The van der Waals surface area contributed by atoms with E-state index in [1.165, 1.54) is 6.08 Å². The van der Waals surface area contributed by atoms with E-state index < -0.39 is 15.9 Å². The topological polar surface area (TPSA) is 44.8 Å². The fourth-order valence-corrected chi connectivity index (χ4v) is 13.2.